The first-order valence-corrected chi connectivity index (χ1v) is 6.56. The summed E-state index contributed by atoms with van der Waals surface area (Å²) in [5.41, 5.74) is 8.76. The molecule has 1 heterocycles. The molecule has 0 aliphatic carbocycles. The van der Waals surface area contributed by atoms with Gasteiger partial charge < -0.3 is 11.1 Å². The van der Waals surface area contributed by atoms with Crippen molar-refractivity contribution in [1.29, 1.82) is 0 Å². The van der Waals surface area contributed by atoms with Crippen molar-refractivity contribution in [2.75, 3.05) is 11.1 Å². The minimum Gasteiger partial charge on any atom is -0.397 e. The summed E-state index contributed by atoms with van der Waals surface area (Å²) in [4.78, 5) is 16.3. The molecule has 2 rings (SSSR count). The van der Waals surface area contributed by atoms with Gasteiger partial charge in [-0.2, -0.15) is 0 Å². The van der Waals surface area contributed by atoms with Crippen molar-refractivity contribution < 1.29 is 4.79 Å². The Hall–Kier alpha value is -1.88. The monoisotopic (exact) mass is 319 g/mol. The number of hydrogen-bond donors (Lipinski definition) is 2. The van der Waals surface area contributed by atoms with Crippen LogP contribution in [0.3, 0.4) is 0 Å². The average Bonchev–Trinajstić information content (AvgIpc) is 2.35. The van der Waals surface area contributed by atoms with Gasteiger partial charge in [0, 0.05) is 5.56 Å². The lowest BCUT2D eigenvalue weighted by Gasteiger charge is -2.09. The van der Waals surface area contributed by atoms with Gasteiger partial charge in [-0.3, -0.25) is 4.79 Å². The van der Waals surface area contributed by atoms with E-state index in [1.165, 1.54) is 6.20 Å². The fourth-order valence-corrected chi connectivity index (χ4v) is 2.17. The fraction of sp³-hybridized carbons (Fsp3) is 0.143. The molecule has 98 valence electrons. The highest BCUT2D eigenvalue weighted by Crippen LogP contribution is 2.22. The van der Waals surface area contributed by atoms with Crippen LogP contribution in [-0.4, -0.2) is 10.9 Å². The molecule has 0 aliphatic heterocycles. The maximum Gasteiger partial charge on any atom is 0.257 e. The fourth-order valence-electron chi connectivity index (χ4n) is 1.70. The highest BCUT2D eigenvalue weighted by molar-refractivity contribution is 9.10. The Bertz CT molecular complexity index is 641. The van der Waals surface area contributed by atoms with E-state index in [-0.39, 0.29) is 5.91 Å². The Labute approximate surface area is 120 Å². The van der Waals surface area contributed by atoms with E-state index in [1.807, 2.05) is 32.0 Å². The van der Waals surface area contributed by atoms with Crippen LogP contribution >= 0.6 is 15.9 Å². The van der Waals surface area contributed by atoms with Gasteiger partial charge in [-0.05, 0) is 47.5 Å². The van der Waals surface area contributed by atoms with Crippen molar-refractivity contribution in [3.63, 3.8) is 0 Å². The molecule has 0 aliphatic rings. The number of aromatic nitrogens is 1. The lowest BCUT2D eigenvalue weighted by atomic mass is 10.1. The number of nitrogens with one attached hydrogen (secondary N) is 1. The molecule has 19 heavy (non-hydrogen) atoms. The van der Waals surface area contributed by atoms with Crippen LogP contribution in [-0.2, 0) is 0 Å². The normalized spacial score (nSPS) is 10.3. The van der Waals surface area contributed by atoms with Gasteiger partial charge in [0.1, 0.15) is 5.82 Å². The van der Waals surface area contributed by atoms with E-state index in [1.54, 1.807) is 6.07 Å². The van der Waals surface area contributed by atoms with Gasteiger partial charge in [-0.1, -0.05) is 17.7 Å². The number of anilines is 2. The van der Waals surface area contributed by atoms with Crippen molar-refractivity contribution in [3.05, 3.63) is 51.6 Å². The van der Waals surface area contributed by atoms with Crippen molar-refractivity contribution in [3.8, 4) is 0 Å². The van der Waals surface area contributed by atoms with Crippen LogP contribution in [0, 0.1) is 13.8 Å². The number of aryl methyl sites for hydroxylation is 2. The number of nitrogens with two attached hydrogens (primary N) is 1. The SMILES string of the molecule is Cc1ccc(C)c(C(=O)Nc2ncc(N)cc2Br)c1. The zero-order chi connectivity index (χ0) is 14.0. The van der Waals surface area contributed by atoms with E-state index >= 15 is 0 Å². The number of nitrogens with zero attached hydrogens (tertiary/aromatic N) is 1. The minimum absolute atomic E-state index is 0.181. The van der Waals surface area contributed by atoms with E-state index in [2.05, 4.69) is 26.2 Å². The van der Waals surface area contributed by atoms with Crippen LogP contribution < -0.4 is 11.1 Å². The molecule has 1 aromatic heterocycles. The third kappa shape index (κ3) is 3.12. The molecule has 0 bridgehead atoms. The van der Waals surface area contributed by atoms with E-state index in [0.29, 0.717) is 21.5 Å². The number of amides is 1. The van der Waals surface area contributed by atoms with Gasteiger partial charge in [0.2, 0.25) is 0 Å². The summed E-state index contributed by atoms with van der Waals surface area (Å²) in [5.74, 6) is 0.277. The number of rotatable bonds is 2. The largest absolute Gasteiger partial charge is 0.397 e. The predicted octanol–water partition coefficient (Wildman–Crippen LogP) is 3.30. The summed E-state index contributed by atoms with van der Waals surface area (Å²) >= 11 is 3.32. The number of benzene rings is 1. The second-order valence-corrected chi connectivity index (χ2v) is 5.23. The van der Waals surface area contributed by atoms with Gasteiger partial charge in [-0.15, -0.1) is 0 Å². The molecule has 0 radical (unpaired) electrons. The zero-order valence-electron chi connectivity index (χ0n) is 10.7. The Morgan fingerprint density at radius 1 is 1.32 bits per heavy atom. The molecular weight excluding hydrogens is 306 g/mol. The Morgan fingerprint density at radius 3 is 2.74 bits per heavy atom. The van der Waals surface area contributed by atoms with Crippen LogP contribution in [0.25, 0.3) is 0 Å². The first kappa shape index (κ1) is 13.5. The Balaban J connectivity index is 2.28. The van der Waals surface area contributed by atoms with Crippen LogP contribution in [0.15, 0.2) is 34.9 Å². The van der Waals surface area contributed by atoms with Crippen molar-refractivity contribution >= 4 is 33.3 Å². The van der Waals surface area contributed by atoms with Gasteiger partial charge in [0.15, 0.2) is 0 Å². The molecule has 1 aromatic carbocycles. The number of hydrogen-bond acceptors (Lipinski definition) is 3. The minimum atomic E-state index is -0.181. The maximum atomic E-state index is 12.2. The number of carbonyl (C=O) groups excluding carboxylic acids is 1. The van der Waals surface area contributed by atoms with Crippen molar-refractivity contribution in [2.45, 2.75) is 13.8 Å². The molecule has 4 nitrogen and oxygen atoms in total. The van der Waals surface area contributed by atoms with Gasteiger partial charge in [-0.25, -0.2) is 4.98 Å². The lowest BCUT2D eigenvalue weighted by molar-refractivity contribution is 0.102. The first-order chi connectivity index (χ1) is 8.97. The van der Waals surface area contributed by atoms with Gasteiger partial charge in [0.25, 0.3) is 5.91 Å². The number of pyridine rings is 1. The van der Waals surface area contributed by atoms with Crippen molar-refractivity contribution in [2.24, 2.45) is 0 Å². The van der Waals surface area contributed by atoms with Crippen LogP contribution in [0.5, 0.6) is 0 Å². The zero-order valence-corrected chi connectivity index (χ0v) is 12.3. The molecule has 0 unspecified atom stereocenters. The molecule has 0 atom stereocenters. The molecule has 3 N–H and O–H groups in total. The highest BCUT2D eigenvalue weighted by atomic mass is 79.9. The first-order valence-electron chi connectivity index (χ1n) is 5.77. The van der Waals surface area contributed by atoms with E-state index in [0.717, 1.165) is 11.1 Å². The summed E-state index contributed by atoms with van der Waals surface area (Å²) in [5, 5.41) is 2.77. The molecule has 1 amide bonds. The Morgan fingerprint density at radius 2 is 2.05 bits per heavy atom. The molecular formula is C14H14BrN3O. The maximum absolute atomic E-state index is 12.2. The van der Waals surface area contributed by atoms with E-state index in [9.17, 15) is 4.79 Å². The quantitative estimate of drug-likeness (QED) is 0.892. The highest BCUT2D eigenvalue weighted by Gasteiger charge is 2.12. The van der Waals surface area contributed by atoms with E-state index < -0.39 is 0 Å². The van der Waals surface area contributed by atoms with Crippen LogP contribution in [0.1, 0.15) is 21.5 Å². The smallest absolute Gasteiger partial charge is 0.257 e. The number of halogens is 1. The number of nitrogen functional groups attached to an aromatic ring is 1. The summed E-state index contributed by atoms with van der Waals surface area (Å²) < 4.78 is 0.658. The summed E-state index contributed by atoms with van der Waals surface area (Å²) in [7, 11) is 0. The topological polar surface area (TPSA) is 68.0 Å². The summed E-state index contributed by atoms with van der Waals surface area (Å²) in [6.07, 6.45) is 1.50. The second-order valence-electron chi connectivity index (χ2n) is 4.37. The van der Waals surface area contributed by atoms with E-state index in [4.69, 9.17) is 5.73 Å². The third-order valence-corrected chi connectivity index (χ3v) is 3.34. The molecule has 0 saturated heterocycles. The van der Waals surface area contributed by atoms with Crippen molar-refractivity contribution in [1.82, 2.24) is 4.98 Å². The van der Waals surface area contributed by atoms with Crippen LogP contribution in [0.4, 0.5) is 11.5 Å². The molecule has 0 fully saturated rings. The lowest BCUT2D eigenvalue weighted by Crippen LogP contribution is -2.15. The standard InChI is InChI=1S/C14H14BrN3O/c1-8-3-4-9(2)11(5-8)14(19)18-13-12(15)6-10(16)7-17-13/h3-7H,16H2,1-2H3,(H,17,18,19). The molecule has 0 spiro atoms. The van der Waals surface area contributed by atoms with Crippen LogP contribution in [0.2, 0.25) is 0 Å². The summed E-state index contributed by atoms with van der Waals surface area (Å²) in [6.45, 7) is 3.85. The van der Waals surface area contributed by atoms with Gasteiger partial charge >= 0.3 is 0 Å². The predicted molar refractivity (Wildman–Crippen MR) is 80.2 cm³/mol. The average molecular weight is 320 g/mol. The van der Waals surface area contributed by atoms with Gasteiger partial charge in [0.05, 0.1) is 16.4 Å². The molecule has 0 saturated carbocycles. The molecule has 2 aromatic rings. The third-order valence-electron chi connectivity index (χ3n) is 2.73. The second kappa shape index (κ2) is 5.40. The molecule has 5 heteroatoms. The summed E-state index contributed by atoms with van der Waals surface area (Å²) in [6, 6.07) is 7.46. The Kier molecular flexibility index (Phi) is 3.85. The number of carbonyl (C=O) groups is 1.